The smallest absolute Gasteiger partial charge is 0.251 e. The number of hydrogen-bond donors (Lipinski definition) is 1. The van der Waals surface area contributed by atoms with E-state index in [9.17, 15) is 4.79 Å². The molecule has 6 heteroatoms. The highest BCUT2D eigenvalue weighted by molar-refractivity contribution is 5.98. The molecule has 1 fully saturated rings. The van der Waals surface area contributed by atoms with Gasteiger partial charge in [0.1, 0.15) is 6.10 Å². The van der Waals surface area contributed by atoms with E-state index in [0.717, 1.165) is 29.4 Å². The molecular weight excluding hydrogens is 316 g/mol. The Morgan fingerprint density at radius 3 is 3.12 bits per heavy atom. The average Bonchev–Trinajstić information content (AvgIpc) is 3.07. The first kappa shape index (κ1) is 15.8. The molecule has 1 saturated heterocycles. The van der Waals surface area contributed by atoms with Crippen LogP contribution < -0.4 is 5.32 Å². The predicted octanol–water partition coefficient (Wildman–Crippen LogP) is 2.62. The second-order valence-electron chi connectivity index (χ2n) is 6.39. The molecule has 0 saturated carbocycles. The third kappa shape index (κ3) is 3.25. The van der Waals surface area contributed by atoms with Gasteiger partial charge in [0.05, 0.1) is 23.7 Å². The molecule has 3 aromatic rings. The number of benzene rings is 1. The summed E-state index contributed by atoms with van der Waals surface area (Å²) in [4.78, 5) is 21.1. The second kappa shape index (κ2) is 6.64. The number of fused-ring (bicyclic) bond motifs is 1. The average molecular weight is 336 g/mol. The van der Waals surface area contributed by atoms with Crippen LogP contribution in [0.5, 0.6) is 0 Å². The van der Waals surface area contributed by atoms with Crippen molar-refractivity contribution in [2.24, 2.45) is 7.05 Å². The Labute approximate surface area is 145 Å². The minimum absolute atomic E-state index is 0.0349. The van der Waals surface area contributed by atoms with Gasteiger partial charge < -0.3 is 14.6 Å². The lowest BCUT2D eigenvalue weighted by Gasteiger charge is -2.30. The van der Waals surface area contributed by atoms with E-state index in [1.807, 2.05) is 48.1 Å². The molecule has 0 spiro atoms. The van der Waals surface area contributed by atoms with Gasteiger partial charge in [-0.2, -0.15) is 0 Å². The van der Waals surface area contributed by atoms with Gasteiger partial charge >= 0.3 is 0 Å². The molecule has 4 rings (SSSR count). The fourth-order valence-corrected chi connectivity index (χ4v) is 3.30. The number of hydrogen-bond acceptors (Lipinski definition) is 4. The molecule has 0 unspecified atom stereocenters. The Morgan fingerprint density at radius 1 is 1.36 bits per heavy atom. The number of aryl methyl sites for hydroxylation is 1. The summed E-state index contributed by atoms with van der Waals surface area (Å²) in [6, 6.07) is 9.52. The topological polar surface area (TPSA) is 69.0 Å². The Balaban J connectivity index is 1.47. The summed E-state index contributed by atoms with van der Waals surface area (Å²) >= 11 is 0. The highest BCUT2D eigenvalue weighted by Crippen LogP contribution is 2.27. The van der Waals surface area contributed by atoms with Gasteiger partial charge in [-0.05, 0) is 37.1 Å². The predicted molar refractivity (Wildman–Crippen MR) is 94.1 cm³/mol. The summed E-state index contributed by atoms with van der Waals surface area (Å²) < 4.78 is 7.82. The van der Waals surface area contributed by atoms with E-state index in [2.05, 4.69) is 15.3 Å². The number of rotatable bonds is 3. The molecule has 128 valence electrons. The number of amides is 1. The molecule has 1 aromatic carbocycles. The number of aromatic nitrogens is 3. The van der Waals surface area contributed by atoms with Gasteiger partial charge in [0.25, 0.3) is 5.91 Å². The van der Waals surface area contributed by atoms with Crippen molar-refractivity contribution in [1.29, 1.82) is 0 Å². The first-order valence-electron chi connectivity index (χ1n) is 8.44. The third-order valence-corrected chi connectivity index (χ3v) is 4.67. The zero-order valence-electron chi connectivity index (χ0n) is 14.1. The van der Waals surface area contributed by atoms with Crippen LogP contribution in [0.15, 0.2) is 49.1 Å². The van der Waals surface area contributed by atoms with Crippen LogP contribution in [0.3, 0.4) is 0 Å². The molecule has 2 aromatic heterocycles. The number of pyridine rings is 1. The fraction of sp³-hybridized carbons (Fsp3) is 0.316. The van der Waals surface area contributed by atoms with Crippen LogP contribution in [0, 0.1) is 0 Å². The number of carbonyl (C=O) groups is 1. The van der Waals surface area contributed by atoms with Crippen LogP contribution in [0.1, 0.15) is 35.0 Å². The van der Waals surface area contributed by atoms with E-state index in [1.165, 1.54) is 0 Å². The number of carbonyl (C=O) groups excluding carboxylic acids is 1. The molecule has 0 bridgehead atoms. The van der Waals surface area contributed by atoms with Crippen LogP contribution in [-0.2, 0) is 11.8 Å². The van der Waals surface area contributed by atoms with Gasteiger partial charge in [-0.3, -0.25) is 9.78 Å². The highest BCUT2D eigenvalue weighted by Gasteiger charge is 2.27. The minimum Gasteiger partial charge on any atom is -0.372 e. The molecule has 0 aliphatic carbocycles. The lowest BCUT2D eigenvalue weighted by atomic mass is 10.0. The Bertz CT molecular complexity index is 905. The molecule has 25 heavy (non-hydrogen) atoms. The molecular formula is C19H20N4O2. The van der Waals surface area contributed by atoms with Gasteiger partial charge in [0, 0.05) is 36.8 Å². The molecule has 3 heterocycles. The lowest BCUT2D eigenvalue weighted by molar-refractivity contribution is -0.00301. The normalized spacial score (nSPS) is 20.5. The molecule has 0 radical (unpaired) electrons. The molecule has 6 nitrogen and oxygen atoms in total. The van der Waals surface area contributed by atoms with Crippen molar-refractivity contribution in [3.05, 3.63) is 60.3 Å². The number of imidazole rings is 1. The van der Waals surface area contributed by atoms with Crippen molar-refractivity contribution in [2.75, 3.05) is 6.61 Å². The van der Waals surface area contributed by atoms with Gasteiger partial charge in [0.15, 0.2) is 0 Å². The molecule has 1 aliphatic rings. The Kier molecular flexibility index (Phi) is 4.19. The number of nitrogens with one attached hydrogen (secondary N) is 1. The van der Waals surface area contributed by atoms with E-state index in [1.54, 1.807) is 12.5 Å². The van der Waals surface area contributed by atoms with Crippen LogP contribution in [-0.4, -0.2) is 33.1 Å². The summed E-state index contributed by atoms with van der Waals surface area (Å²) in [5.74, 6) is -0.0543. The maximum atomic E-state index is 12.6. The quantitative estimate of drug-likeness (QED) is 0.798. The van der Waals surface area contributed by atoms with E-state index < -0.39 is 0 Å². The van der Waals surface area contributed by atoms with Crippen molar-refractivity contribution in [1.82, 2.24) is 19.9 Å². The largest absolute Gasteiger partial charge is 0.372 e. The van der Waals surface area contributed by atoms with E-state index in [0.29, 0.717) is 12.2 Å². The maximum absolute atomic E-state index is 12.6. The molecule has 1 amide bonds. The van der Waals surface area contributed by atoms with Crippen LogP contribution in [0.4, 0.5) is 0 Å². The SMILES string of the molecule is Cn1cncc1[C@H]1C[C@@H](NC(=O)c2ccc3ncccc3c2)CCO1. The van der Waals surface area contributed by atoms with Gasteiger partial charge in [0.2, 0.25) is 0 Å². The molecule has 2 atom stereocenters. The zero-order chi connectivity index (χ0) is 17.2. The van der Waals surface area contributed by atoms with Crippen molar-refractivity contribution in [3.8, 4) is 0 Å². The number of nitrogens with zero attached hydrogens (tertiary/aromatic N) is 3. The standard InChI is InChI=1S/C19H20N4O2/c1-23-12-20-11-17(23)18-10-15(6-8-25-18)22-19(24)14-4-5-16-13(9-14)3-2-7-21-16/h2-5,7,9,11-12,15,18H,6,8,10H2,1H3,(H,22,24)/t15-,18+/m0/s1. The minimum atomic E-state index is -0.0543. The fourth-order valence-electron chi connectivity index (χ4n) is 3.30. The summed E-state index contributed by atoms with van der Waals surface area (Å²) in [5.41, 5.74) is 2.58. The van der Waals surface area contributed by atoms with E-state index >= 15 is 0 Å². The maximum Gasteiger partial charge on any atom is 0.251 e. The van der Waals surface area contributed by atoms with Crippen molar-refractivity contribution >= 4 is 16.8 Å². The summed E-state index contributed by atoms with van der Waals surface area (Å²) in [5, 5.41) is 4.11. The molecule has 1 N–H and O–H groups in total. The number of ether oxygens (including phenoxy) is 1. The van der Waals surface area contributed by atoms with Crippen molar-refractivity contribution in [2.45, 2.75) is 25.0 Å². The summed E-state index contributed by atoms with van der Waals surface area (Å²) in [6.07, 6.45) is 6.88. The second-order valence-corrected chi connectivity index (χ2v) is 6.39. The monoisotopic (exact) mass is 336 g/mol. The lowest BCUT2D eigenvalue weighted by Crippen LogP contribution is -2.40. The van der Waals surface area contributed by atoms with Crippen molar-refractivity contribution < 1.29 is 9.53 Å². The zero-order valence-corrected chi connectivity index (χ0v) is 14.1. The first-order valence-corrected chi connectivity index (χ1v) is 8.44. The summed E-state index contributed by atoms with van der Waals surface area (Å²) in [6.45, 7) is 0.627. The van der Waals surface area contributed by atoms with Crippen LogP contribution in [0.25, 0.3) is 10.9 Å². The van der Waals surface area contributed by atoms with Gasteiger partial charge in [-0.1, -0.05) is 6.07 Å². The third-order valence-electron chi connectivity index (χ3n) is 4.67. The van der Waals surface area contributed by atoms with Crippen LogP contribution in [0.2, 0.25) is 0 Å². The Morgan fingerprint density at radius 2 is 2.28 bits per heavy atom. The Hall–Kier alpha value is -2.73. The van der Waals surface area contributed by atoms with E-state index in [4.69, 9.17) is 4.74 Å². The van der Waals surface area contributed by atoms with Crippen molar-refractivity contribution in [3.63, 3.8) is 0 Å². The van der Waals surface area contributed by atoms with Gasteiger partial charge in [-0.25, -0.2) is 4.98 Å². The molecule has 1 aliphatic heterocycles. The summed E-state index contributed by atoms with van der Waals surface area (Å²) in [7, 11) is 1.96. The van der Waals surface area contributed by atoms with Crippen LogP contribution >= 0.6 is 0 Å². The highest BCUT2D eigenvalue weighted by atomic mass is 16.5. The first-order chi connectivity index (χ1) is 12.2. The van der Waals surface area contributed by atoms with E-state index in [-0.39, 0.29) is 18.1 Å². The van der Waals surface area contributed by atoms with Gasteiger partial charge in [-0.15, -0.1) is 0 Å².